The van der Waals surface area contributed by atoms with Crippen LogP contribution in [0, 0.1) is 12.8 Å². The number of hydrogen-bond acceptors (Lipinski definition) is 5. The van der Waals surface area contributed by atoms with Crippen molar-refractivity contribution in [3.05, 3.63) is 83.2 Å². The van der Waals surface area contributed by atoms with Crippen LogP contribution in [0.5, 0.6) is 0 Å². The Bertz CT molecular complexity index is 1570. The molecule has 194 valence electrons. The molecule has 7 nitrogen and oxygen atoms in total. The topological polar surface area (TPSA) is 85.6 Å². The molecule has 5 rings (SSSR count). The van der Waals surface area contributed by atoms with Crippen LogP contribution < -0.4 is 5.43 Å². The quantitative estimate of drug-likeness (QED) is 0.311. The summed E-state index contributed by atoms with van der Waals surface area (Å²) in [7, 11) is 1.40. The van der Waals surface area contributed by atoms with Gasteiger partial charge < -0.3 is 4.74 Å². The fourth-order valence-corrected chi connectivity index (χ4v) is 5.22. The van der Waals surface area contributed by atoms with E-state index in [9.17, 15) is 9.59 Å². The number of methoxy groups -OCH3 is 1. The van der Waals surface area contributed by atoms with Gasteiger partial charge in [-0.2, -0.15) is 5.10 Å². The summed E-state index contributed by atoms with van der Waals surface area (Å²) in [6.45, 7) is 6.27. The summed E-state index contributed by atoms with van der Waals surface area (Å²) in [5.74, 6) is 0.540. The molecule has 1 aliphatic rings. The second-order valence-electron chi connectivity index (χ2n) is 9.82. The molecule has 1 amide bonds. The standard InChI is InChI=1S/C31H32N4O3/c1-5-6-15-27-32-30-19(2)16-21(29-20(3)17-28(36)33-34-29)18-26(30)35(27)25-14-10-9-12-23(25)22-11-7-8-13-24(22)31(37)38-4/h7-14,16,18,20H,5-6,15,17H2,1-4H3,(H,33,36). The van der Waals surface area contributed by atoms with Crippen LogP contribution in [0.3, 0.4) is 0 Å². The highest BCUT2D eigenvalue weighted by atomic mass is 16.5. The van der Waals surface area contributed by atoms with E-state index in [0.717, 1.165) is 69.8 Å². The monoisotopic (exact) mass is 508 g/mol. The van der Waals surface area contributed by atoms with Crippen molar-refractivity contribution in [3.8, 4) is 16.8 Å². The summed E-state index contributed by atoms with van der Waals surface area (Å²) in [6, 6.07) is 19.9. The molecule has 0 fully saturated rings. The first kappa shape index (κ1) is 25.4. The maximum atomic E-state index is 12.7. The lowest BCUT2D eigenvalue weighted by molar-refractivity contribution is -0.121. The molecule has 0 aliphatic carbocycles. The van der Waals surface area contributed by atoms with Crippen LogP contribution in [0.25, 0.3) is 27.8 Å². The molecule has 0 saturated heterocycles. The molecule has 1 aliphatic heterocycles. The second kappa shape index (κ2) is 10.6. The maximum Gasteiger partial charge on any atom is 0.338 e. The van der Waals surface area contributed by atoms with Crippen LogP contribution in [0.15, 0.2) is 65.8 Å². The van der Waals surface area contributed by atoms with Crippen LogP contribution in [-0.4, -0.2) is 34.2 Å². The molecule has 1 unspecified atom stereocenters. The molecule has 4 aromatic rings. The lowest BCUT2D eigenvalue weighted by atomic mass is 9.92. The molecule has 0 spiro atoms. The molecular formula is C31H32N4O3. The molecule has 2 heterocycles. The van der Waals surface area contributed by atoms with E-state index in [1.807, 2.05) is 43.3 Å². The first-order valence-electron chi connectivity index (χ1n) is 13.1. The van der Waals surface area contributed by atoms with Crippen LogP contribution in [0.1, 0.15) is 60.4 Å². The van der Waals surface area contributed by atoms with Crippen LogP contribution in [0.4, 0.5) is 0 Å². The van der Waals surface area contributed by atoms with Gasteiger partial charge in [-0.1, -0.05) is 56.7 Å². The van der Waals surface area contributed by atoms with Gasteiger partial charge in [0.25, 0.3) is 0 Å². The molecule has 3 aromatic carbocycles. The molecule has 7 heteroatoms. The van der Waals surface area contributed by atoms with Crippen molar-refractivity contribution in [2.24, 2.45) is 11.0 Å². The van der Waals surface area contributed by atoms with E-state index in [-0.39, 0.29) is 17.8 Å². The number of unbranched alkanes of at least 4 members (excludes halogenated alkanes) is 1. The molecular weight excluding hydrogens is 476 g/mol. The lowest BCUT2D eigenvalue weighted by Crippen LogP contribution is -2.32. The van der Waals surface area contributed by atoms with Crippen molar-refractivity contribution < 1.29 is 14.3 Å². The smallest absolute Gasteiger partial charge is 0.338 e. The summed E-state index contributed by atoms with van der Waals surface area (Å²) >= 11 is 0. The minimum Gasteiger partial charge on any atom is -0.465 e. The number of amides is 1. The zero-order valence-electron chi connectivity index (χ0n) is 22.2. The summed E-state index contributed by atoms with van der Waals surface area (Å²) in [5, 5.41) is 4.41. The first-order chi connectivity index (χ1) is 18.4. The van der Waals surface area contributed by atoms with Gasteiger partial charge in [-0.15, -0.1) is 0 Å². The number of nitrogens with zero attached hydrogens (tertiary/aromatic N) is 3. The van der Waals surface area contributed by atoms with E-state index in [1.54, 1.807) is 6.07 Å². The molecule has 0 saturated carbocycles. The summed E-state index contributed by atoms with van der Waals surface area (Å²) in [5.41, 5.74) is 10.6. The van der Waals surface area contributed by atoms with Gasteiger partial charge in [0.15, 0.2) is 0 Å². The van der Waals surface area contributed by atoms with Crippen molar-refractivity contribution in [1.29, 1.82) is 0 Å². The van der Waals surface area contributed by atoms with Gasteiger partial charge in [0.2, 0.25) is 5.91 Å². The highest BCUT2D eigenvalue weighted by Crippen LogP contribution is 2.35. The van der Waals surface area contributed by atoms with E-state index in [2.05, 4.69) is 47.1 Å². The Balaban J connectivity index is 1.78. The Labute approximate surface area is 222 Å². The average Bonchev–Trinajstić information content (AvgIpc) is 3.30. The Morgan fingerprint density at radius 1 is 1.11 bits per heavy atom. The zero-order valence-corrected chi connectivity index (χ0v) is 22.2. The van der Waals surface area contributed by atoms with E-state index in [1.165, 1.54) is 7.11 Å². The summed E-state index contributed by atoms with van der Waals surface area (Å²) in [6.07, 6.45) is 3.28. The Kier molecular flexibility index (Phi) is 7.09. The summed E-state index contributed by atoms with van der Waals surface area (Å²) < 4.78 is 7.31. The van der Waals surface area contributed by atoms with E-state index in [4.69, 9.17) is 9.72 Å². The third-order valence-corrected chi connectivity index (χ3v) is 7.10. The van der Waals surface area contributed by atoms with Gasteiger partial charge in [0, 0.05) is 29.9 Å². The molecule has 0 bridgehead atoms. The predicted octanol–water partition coefficient (Wildman–Crippen LogP) is 5.99. The largest absolute Gasteiger partial charge is 0.465 e. The Morgan fingerprint density at radius 3 is 2.58 bits per heavy atom. The predicted molar refractivity (Wildman–Crippen MR) is 150 cm³/mol. The number of benzene rings is 3. The number of hydrogen-bond donors (Lipinski definition) is 1. The fourth-order valence-electron chi connectivity index (χ4n) is 5.22. The Hall–Kier alpha value is -4.26. The van der Waals surface area contributed by atoms with Gasteiger partial charge >= 0.3 is 5.97 Å². The number of hydrazone groups is 1. The van der Waals surface area contributed by atoms with Gasteiger partial charge in [0.1, 0.15) is 5.82 Å². The Morgan fingerprint density at radius 2 is 1.84 bits per heavy atom. The van der Waals surface area contributed by atoms with Gasteiger partial charge in [-0.25, -0.2) is 15.2 Å². The highest BCUT2D eigenvalue weighted by molar-refractivity contribution is 6.08. The number of fused-ring (bicyclic) bond motifs is 1. The van der Waals surface area contributed by atoms with Crippen LogP contribution in [0.2, 0.25) is 0 Å². The second-order valence-corrected chi connectivity index (χ2v) is 9.82. The van der Waals surface area contributed by atoms with E-state index in [0.29, 0.717) is 12.0 Å². The minimum atomic E-state index is -0.374. The number of carbonyl (C=O) groups excluding carboxylic acids is 2. The van der Waals surface area contributed by atoms with Gasteiger partial charge in [0.05, 0.1) is 35.1 Å². The number of ether oxygens (including phenoxy) is 1. The van der Waals surface area contributed by atoms with Gasteiger partial charge in [-0.05, 0) is 48.7 Å². The third-order valence-electron chi connectivity index (χ3n) is 7.10. The van der Waals surface area contributed by atoms with Gasteiger partial charge in [-0.3, -0.25) is 9.36 Å². The fraction of sp³-hybridized carbons (Fsp3) is 0.290. The molecule has 0 radical (unpaired) electrons. The number of aryl methyl sites for hydroxylation is 2. The third kappa shape index (κ3) is 4.60. The number of para-hydroxylation sites is 1. The van der Waals surface area contributed by atoms with Crippen molar-refractivity contribution in [1.82, 2.24) is 15.0 Å². The SMILES string of the molecule is CCCCc1nc2c(C)cc(C3=NNC(=O)CC3C)cc2n1-c1ccccc1-c1ccccc1C(=O)OC. The van der Waals surface area contributed by atoms with Crippen molar-refractivity contribution in [2.45, 2.75) is 46.5 Å². The lowest BCUT2D eigenvalue weighted by Gasteiger charge is -2.20. The average molecular weight is 509 g/mol. The summed E-state index contributed by atoms with van der Waals surface area (Å²) in [4.78, 5) is 29.7. The molecule has 1 aromatic heterocycles. The maximum absolute atomic E-state index is 12.7. The van der Waals surface area contributed by atoms with E-state index < -0.39 is 0 Å². The first-order valence-corrected chi connectivity index (χ1v) is 13.1. The minimum absolute atomic E-state index is 0.00996. The number of imidazole rings is 1. The number of aromatic nitrogens is 2. The highest BCUT2D eigenvalue weighted by Gasteiger charge is 2.25. The van der Waals surface area contributed by atoms with E-state index >= 15 is 0 Å². The van der Waals surface area contributed by atoms with Crippen LogP contribution in [-0.2, 0) is 16.0 Å². The number of rotatable bonds is 7. The molecule has 1 atom stereocenters. The molecule has 38 heavy (non-hydrogen) atoms. The van der Waals surface area contributed by atoms with Crippen molar-refractivity contribution in [2.75, 3.05) is 7.11 Å². The number of carbonyl (C=O) groups is 2. The van der Waals surface area contributed by atoms with Crippen molar-refractivity contribution in [3.63, 3.8) is 0 Å². The van der Waals surface area contributed by atoms with Crippen LogP contribution >= 0.6 is 0 Å². The number of esters is 1. The normalized spacial score (nSPS) is 15.3. The molecule has 1 N–H and O–H groups in total. The number of nitrogens with one attached hydrogen (secondary N) is 1. The zero-order chi connectivity index (χ0) is 26.8. The van der Waals surface area contributed by atoms with Crippen molar-refractivity contribution >= 4 is 28.6 Å².